The molecule has 0 amide bonds. The summed E-state index contributed by atoms with van der Waals surface area (Å²) in [5.41, 5.74) is 3.05. The lowest BCUT2D eigenvalue weighted by Crippen LogP contribution is -2.10. The van der Waals surface area contributed by atoms with E-state index in [1.807, 2.05) is 39.0 Å². The van der Waals surface area contributed by atoms with Gasteiger partial charge >= 0.3 is 0 Å². The molecule has 0 aliphatic rings. The first-order valence-electron chi connectivity index (χ1n) is 8.57. The molecule has 0 aliphatic carbocycles. The minimum Gasteiger partial charge on any atom is -0.491 e. The quantitative estimate of drug-likeness (QED) is 0.650. The number of rotatable bonds is 5. The minimum absolute atomic E-state index is 0.0653. The molecule has 0 unspecified atom stereocenters. The predicted molar refractivity (Wildman–Crippen MR) is 100 cm³/mol. The van der Waals surface area contributed by atoms with Crippen LogP contribution in [0.25, 0.3) is 21.9 Å². The molecule has 3 aromatic carbocycles. The first-order chi connectivity index (χ1) is 11.6. The monoisotopic (exact) mass is 320 g/mol. The number of aliphatic hydroxyl groups is 1. The third kappa shape index (κ3) is 3.15. The van der Waals surface area contributed by atoms with Gasteiger partial charge in [0.1, 0.15) is 5.75 Å². The number of aliphatic hydroxyl groups excluding tert-OH is 1. The Balaban J connectivity index is 2.26. The van der Waals surface area contributed by atoms with E-state index >= 15 is 0 Å². The van der Waals surface area contributed by atoms with Gasteiger partial charge < -0.3 is 9.84 Å². The fourth-order valence-corrected chi connectivity index (χ4v) is 3.14. The Hall–Kier alpha value is -2.32. The van der Waals surface area contributed by atoms with Crippen molar-refractivity contribution in [1.29, 1.82) is 0 Å². The first-order valence-corrected chi connectivity index (χ1v) is 8.57. The zero-order chi connectivity index (χ0) is 17.1. The van der Waals surface area contributed by atoms with Gasteiger partial charge in [-0.25, -0.2) is 0 Å². The average molecular weight is 320 g/mol. The second-order valence-electron chi connectivity index (χ2n) is 6.33. The van der Waals surface area contributed by atoms with E-state index < -0.39 is 6.10 Å². The summed E-state index contributed by atoms with van der Waals surface area (Å²) in [7, 11) is 0. The molecule has 3 rings (SSSR count). The predicted octanol–water partition coefficient (Wildman–Crippen LogP) is 5.74. The Morgan fingerprint density at radius 1 is 0.875 bits per heavy atom. The molecule has 2 nitrogen and oxygen atoms in total. The van der Waals surface area contributed by atoms with E-state index in [1.165, 1.54) is 10.8 Å². The van der Waals surface area contributed by atoms with Crippen LogP contribution in [0.1, 0.15) is 38.9 Å². The summed E-state index contributed by atoms with van der Waals surface area (Å²) in [4.78, 5) is 0. The third-order valence-electron chi connectivity index (χ3n) is 4.23. The van der Waals surface area contributed by atoms with Gasteiger partial charge in [0, 0.05) is 5.56 Å². The standard InChI is InChI=1S/C22H24O2/c1-4-20(23)22-19(13-8-14-21(22)24-15(2)3)18-12-7-10-16-9-5-6-11-17(16)18/h5-15,20,23H,4H2,1-3H3/t20-/m0/s1. The van der Waals surface area contributed by atoms with E-state index in [2.05, 4.69) is 42.5 Å². The highest BCUT2D eigenvalue weighted by atomic mass is 16.5. The summed E-state index contributed by atoms with van der Waals surface area (Å²) >= 11 is 0. The second-order valence-corrected chi connectivity index (χ2v) is 6.33. The molecular weight excluding hydrogens is 296 g/mol. The van der Waals surface area contributed by atoms with Crippen LogP contribution in [0, 0.1) is 0 Å². The fraction of sp³-hybridized carbons (Fsp3) is 0.273. The summed E-state index contributed by atoms with van der Waals surface area (Å²) in [5.74, 6) is 0.768. The Morgan fingerprint density at radius 3 is 2.29 bits per heavy atom. The van der Waals surface area contributed by atoms with Gasteiger partial charge in [-0.05, 0) is 48.2 Å². The Kier molecular flexibility index (Phi) is 4.86. The molecule has 1 N–H and O–H groups in total. The largest absolute Gasteiger partial charge is 0.491 e. The first kappa shape index (κ1) is 16.5. The van der Waals surface area contributed by atoms with Crippen LogP contribution in [0.15, 0.2) is 60.7 Å². The summed E-state index contributed by atoms with van der Waals surface area (Å²) in [6, 6.07) is 20.7. The summed E-state index contributed by atoms with van der Waals surface area (Å²) in [5, 5.41) is 13.0. The van der Waals surface area contributed by atoms with E-state index in [9.17, 15) is 5.11 Å². The maximum Gasteiger partial charge on any atom is 0.126 e. The normalized spacial score (nSPS) is 12.5. The number of hydrogen-bond donors (Lipinski definition) is 1. The van der Waals surface area contributed by atoms with Gasteiger partial charge in [-0.3, -0.25) is 0 Å². The third-order valence-corrected chi connectivity index (χ3v) is 4.23. The van der Waals surface area contributed by atoms with Crippen LogP contribution in [-0.4, -0.2) is 11.2 Å². The summed E-state index contributed by atoms with van der Waals surface area (Å²) in [6.07, 6.45) is 0.167. The number of fused-ring (bicyclic) bond motifs is 1. The molecule has 0 radical (unpaired) electrons. The molecule has 2 heteroatoms. The summed E-state index contributed by atoms with van der Waals surface area (Å²) < 4.78 is 5.98. The van der Waals surface area contributed by atoms with Gasteiger partial charge in [0.15, 0.2) is 0 Å². The summed E-state index contributed by atoms with van der Waals surface area (Å²) in [6.45, 7) is 6.00. The maximum absolute atomic E-state index is 10.7. The van der Waals surface area contributed by atoms with Crippen molar-refractivity contribution in [2.24, 2.45) is 0 Å². The van der Waals surface area contributed by atoms with Gasteiger partial charge in [0.2, 0.25) is 0 Å². The molecule has 0 spiro atoms. The van der Waals surface area contributed by atoms with Crippen molar-refractivity contribution in [2.75, 3.05) is 0 Å². The molecule has 3 aromatic rings. The van der Waals surface area contributed by atoms with Gasteiger partial charge in [-0.15, -0.1) is 0 Å². The van der Waals surface area contributed by atoms with Crippen LogP contribution in [0.3, 0.4) is 0 Å². The van der Waals surface area contributed by atoms with Crippen molar-refractivity contribution in [3.8, 4) is 16.9 Å². The van der Waals surface area contributed by atoms with Gasteiger partial charge in [0.25, 0.3) is 0 Å². The number of ether oxygens (including phenoxy) is 1. The smallest absolute Gasteiger partial charge is 0.126 e. The molecule has 0 aromatic heterocycles. The van der Waals surface area contributed by atoms with Crippen LogP contribution in [0.2, 0.25) is 0 Å². The van der Waals surface area contributed by atoms with E-state index in [-0.39, 0.29) is 6.10 Å². The number of hydrogen-bond acceptors (Lipinski definition) is 2. The van der Waals surface area contributed by atoms with Gasteiger partial charge in [0.05, 0.1) is 12.2 Å². The molecule has 0 heterocycles. The van der Waals surface area contributed by atoms with Crippen molar-refractivity contribution >= 4 is 10.8 Å². The topological polar surface area (TPSA) is 29.5 Å². The fourth-order valence-electron chi connectivity index (χ4n) is 3.14. The van der Waals surface area contributed by atoms with Crippen LogP contribution >= 0.6 is 0 Å². The molecule has 0 saturated carbocycles. The van der Waals surface area contributed by atoms with E-state index in [0.717, 1.165) is 22.4 Å². The lowest BCUT2D eigenvalue weighted by Gasteiger charge is -2.21. The minimum atomic E-state index is -0.547. The molecule has 0 aliphatic heterocycles. The molecule has 0 fully saturated rings. The van der Waals surface area contributed by atoms with Crippen molar-refractivity contribution in [3.05, 3.63) is 66.2 Å². The molecule has 0 bridgehead atoms. The lowest BCUT2D eigenvalue weighted by atomic mass is 9.91. The average Bonchev–Trinajstić information content (AvgIpc) is 2.60. The Labute approximate surface area is 143 Å². The molecular formula is C22H24O2. The molecule has 124 valence electrons. The van der Waals surface area contributed by atoms with Gasteiger partial charge in [-0.1, -0.05) is 61.5 Å². The molecule has 0 saturated heterocycles. The lowest BCUT2D eigenvalue weighted by molar-refractivity contribution is 0.162. The van der Waals surface area contributed by atoms with Crippen molar-refractivity contribution in [2.45, 2.75) is 39.4 Å². The molecule has 24 heavy (non-hydrogen) atoms. The van der Waals surface area contributed by atoms with Crippen molar-refractivity contribution < 1.29 is 9.84 Å². The highest BCUT2D eigenvalue weighted by Gasteiger charge is 2.19. The van der Waals surface area contributed by atoms with Crippen molar-refractivity contribution in [1.82, 2.24) is 0 Å². The Morgan fingerprint density at radius 2 is 1.54 bits per heavy atom. The van der Waals surface area contributed by atoms with E-state index in [1.54, 1.807) is 0 Å². The highest BCUT2D eigenvalue weighted by Crippen LogP contribution is 2.39. The van der Waals surface area contributed by atoms with Crippen LogP contribution in [0.4, 0.5) is 0 Å². The van der Waals surface area contributed by atoms with E-state index in [0.29, 0.717) is 6.42 Å². The zero-order valence-electron chi connectivity index (χ0n) is 14.5. The molecule has 1 atom stereocenters. The van der Waals surface area contributed by atoms with Crippen LogP contribution in [0.5, 0.6) is 5.75 Å². The maximum atomic E-state index is 10.7. The van der Waals surface area contributed by atoms with Gasteiger partial charge in [-0.2, -0.15) is 0 Å². The Bertz CT molecular complexity index is 831. The van der Waals surface area contributed by atoms with Crippen molar-refractivity contribution in [3.63, 3.8) is 0 Å². The zero-order valence-corrected chi connectivity index (χ0v) is 14.5. The highest BCUT2D eigenvalue weighted by molar-refractivity contribution is 5.97. The second kappa shape index (κ2) is 7.06. The van der Waals surface area contributed by atoms with Crippen LogP contribution in [-0.2, 0) is 0 Å². The number of benzene rings is 3. The van der Waals surface area contributed by atoms with E-state index in [4.69, 9.17) is 4.74 Å². The van der Waals surface area contributed by atoms with Crippen LogP contribution < -0.4 is 4.74 Å². The SMILES string of the molecule is CC[C@H](O)c1c(OC(C)C)cccc1-c1cccc2ccccc12.